The molecule has 0 amide bonds. The van der Waals surface area contributed by atoms with E-state index >= 15 is 0 Å². The van der Waals surface area contributed by atoms with Gasteiger partial charge in [0.15, 0.2) is 0 Å². The number of aromatic amines is 1. The summed E-state index contributed by atoms with van der Waals surface area (Å²) in [5, 5.41) is 11.3. The quantitative estimate of drug-likeness (QED) is 0.562. The van der Waals surface area contributed by atoms with Crippen LogP contribution in [0.5, 0.6) is 0 Å². The average Bonchev–Trinajstić information content (AvgIpc) is 3.04. The van der Waals surface area contributed by atoms with E-state index < -0.39 is 6.10 Å². The van der Waals surface area contributed by atoms with Gasteiger partial charge in [-0.05, 0) is 56.0 Å². The maximum atomic E-state index is 12.8. The molecule has 1 aliphatic carbocycles. The molecule has 3 rings (SSSR count). The average molecular weight is 436 g/mol. The number of H-pyrrole nitrogens is 1. The molecule has 0 unspecified atom stereocenters. The number of aliphatic hydroxyl groups excluding tert-OH is 1. The van der Waals surface area contributed by atoms with Gasteiger partial charge in [-0.1, -0.05) is 27.7 Å². The van der Waals surface area contributed by atoms with Crippen molar-refractivity contribution in [3.63, 3.8) is 0 Å². The first-order chi connectivity index (χ1) is 14.3. The molecule has 1 aliphatic rings. The van der Waals surface area contributed by atoms with Gasteiger partial charge in [0.1, 0.15) is 10.7 Å². The second kappa shape index (κ2) is 10.8. The lowest BCUT2D eigenvalue weighted by Crippen LogP contribution is -2.36. The minimum Gasteiger partial charge on any atom is -0.389 e. The largest absolute Gasteiger partial charge is 0.389 e. The second-order valence-electron chi connectivity index (χ2n) is 9.41. The molecule has 0 aromatic carbocycles. The first-order valence-corrected chi connectivity index (χ1v) is 12.2. The van der Waals surface area contributed by atoms with Crippen molar-refractivity contribution >= 4 is 21.6 Å². The van der Waals surface area contributed by atoms with Gasteiger partial charge in [0, 0.05) is 18.0 Å². The van der Waals surface area contributed by atoms with Crippen molar-refractivity contribution in [2.45, 2.75) is 72.4 Å². The molecular formula is C23H37N3O3S. The number of aryl methyl sites for hydroxylation is 2. The van der Waals surface area contributed by atoms with E-state index in [1.807, 2.05) is 0 Å². The van der Waals surface area contributed by atoms with Gasteiger partial charge in [0.05, 0.1) is 24.6 Å². The fourth-order valence-corrected chi connectivity index (χ4v) is 5.24. The molecule has 0 saturated carbocycles. The van der Waals surface area contributed by atoms with Crippen LogP contribution in [0.4, 0.5) is 0 Å². The predicted octanol–water partition coefficient (Wildman–Crippen LogP) is 3.75. The number of ether oxygens (including phenoxy) is 1. The summed E-state index contributed by atoms with van der Waals surface area (Å²) in [5.74, 6) is 1.71. The molecule has 0 fully saturated rings. The highest BCUT2D eigenvalue weighted by atomic mass is 32.1. The van der Waals surface area contributed by atoms with Gasteiger partial charge < -0.3 is 14.8 Å². The maximum Gasteiger partial charge on any atom is 0.259 e. The van der Waals surface area contributed by atoms with Gasteiger partial charge in [-0.3, -0.25) is 9.69 Å². The first-order valence-electron chi connectivity index (χ1n) is 11.3. The van der Waals surface area contributed by atoms with Crippen molar-refractivity contribution in [3.8, 4) is 0 Å². The smallest absolute Gasteiger partial charge is 0.259 e. The zero-order valence-corrected chi connectivity index (χ0v) is 19.7. The van der Waals surface area contributed by atoms with Crippen LogP contribution in [0.2, 0.25) is 0 Å². The van der Waals surface area contributed by atoms with Crippen LogP contribution in [0.1, 0.15) is 63.2 Å². The highest BCUT2D eigenvalue weighted by molar-refractivity contribution is 7.18. The Balaban J connectivity index is 1.72. The summed E-state index contributed by atoms with van der Waals surface area (Å²) in [6.07, 6.45) is 4.88. The number of fused-ring (bicyclic) bond motifs is 3. The lowest BCUT2D eigenvalue weighted by atomic mass is 9.97. The lowest BCUT2D eigenvalue weighted by Gasteiger charge is -2.25. The molecule has 0 saturated heterocycles. The molecule has 6 nitrogen and oxygen atoms in total. The molecule has 0 radical (unpaired) electrons. The van der Waals surface area contributed by atoms with Gasteiger partial charge in [0.25, 0.3) is 5.56 Å². The molecule has 2 aromatic rings. The third kappa shape index (κ3) is 6.36. The van der Waals surface area contributed by atoms with Crippen molar-refractivity contribution < 1.29 is 9.84 Å². The Kier molecular flexibility index (Phi) is 8.45. The minimum absolute atomic E-state index is 0.0148. The molecule has 30 heavy (non-hydrogen) atoms. The fraction of sp³-hybridized carbons (Fsp3) is 0.739. The summed E-state index contributed by atoms with van der Waals surface area (Å²) in [7, 11) is 0. The van der Waals surface area contributed by atoms with E-state index in [4.69, 9.17) is 9.72 Å². The summed E-state index contributed by atoms with van der Waals surface area (Å²) >= 11 is 1.68. The van der Waals surface area contributed by atoms with E-state index in [1.165, 1.54) is 16.9 Å². The van der Waals surface area contributed by atoms with E-state index in [0.29, 0.717) is 44.0 Å². The van der Waals surface area contributed by atoms with Crippen LogP contribution in [0.25, 0.3) is 10.2 Å². The number of rotatable bonds is 11. The minimum atomic E-state index is -0.555. The third-order valence-corrected chi connectivity index (χ3v) is 6.69. The number of thiophene rings is 1. The van der Waals surface area contributed by atoms with Crippen LogP contribution in [-0.2, 0) is 24.1 Å². The van der Waals surface area contributed by atoms with Gasteiger partial charge >= 0.3 is 0 Å². The topological polar surface area (TPSA) is 78.5 Å². The Hall–Kier alpha value is -1.28. The van der Waals surface area contributed by atoms with Crippen LogP contribution in [-0.4, -0.2) is 52.4 Å². The number of aromatic nitrogens is 2. The molecule has 7 heteroatoms. The standard InChI is InChI=1S/C23H37N3O3S/c1-15(2)9-10-26(11-17(27)14-29-13-16(3)4)12-20-24-22(28)21-18-7-5-6-8-19(18)30-23(21)25-20/h15-17,27H,5-14H2,1-4H3,(H,24,25,28)/t17-/m1/s1. The molecule has 1 atom stereocenters. The van der Waals surface area contributed by atoms with Gasteiger partial charge in [-0.25, -0.2) is 4.98 Å². The Bertz CT molecular complexity index is 874. The van der Waals surface area contributed by atoms with Gasteiger partial charge in [0.2, 0.25) is 0 Å². The van der Waals surface area contributed by atoms with Gasteiger partial charge in [-0.2, -0.15) is 0 Å². The van der Waals surface area contributed by atoms with Crippen molar-refractivity contribution in [1.82, 2.24) is 14.9 Å². The highest BCUT2D eigenvalue weighted by Crippen LogP contribution is 2.33. The Morgan fingerprint density at radius 2 is 1.93 bits per heavy atom. The van der Waals surface area contributed by atoms with Crippen molar-refractivity contribution in [2.75, 3.05) is 26.3 Å². The predicted molar refractivity (Wildman–Crippen MR) is 123 cm³/mol. The summed E-state index contributed by atoms with van der Waals surface area (Å²) in [6.45, 7) is 11.5. The summed E-state index contributed by atoms with van der Waals surface area (Å²) in [4.78, 5) is 25.0. The van der Waals surface area contributed by atoms with Crippen LogP contribution in [0.3, 0.4) is 0 Å². The van der Waals surface area contributed by atoms with E-state index in [1.54, 1.807) is 11.3 Å². The Morgan fingerprint density at radius 1 is 1.17 bits per heavy atom. The third-order valence-electron chi connectivity index (χ3n) is 5.50. The number of nitrogens with zero attached hydrogens (tertiary/aromatic N) is 2. The zero-order chi connectivity index (χ0) is 21.7. The highest BCUT2D eigenvalue weighted by Gasteiger charge is 2.21. The molecule has 2 aromatic heterocycles. The number of aliphatic hydroxyl groups is 1. The van der Waals surface area contributed by atoms with Crippen LogP contribution < -0.4 is 5.56 Å². The second-order valence-corrected chi connectivity index (χ2v) is 10.5. The van der Waals surface area contributed by atoms with E-state index in [2.05, 4.69) is 37.6 Å². The Morgan fingerprint density at radius 3 is 2.67 bits per heavy atom. The molecule has 2 heterocycles. The van der Waals surface area contributed by atoms with Crippen molar-refractivity contribution in [2.24, 2.45) is 11.8 Å². The molecule has 0 bridgehead atoms. The summed E-state index contributed by atoms with van der Waals surface area (Å²) in [5.41, 5.74) is 1.20. The summed E-state index contributed by atoms with van der Waals surface area (Å²) < 4.78 is 5.61. The van der Waals surface area contributed by atoms with Crippen LogP contribution in [0.15, 0.2) is 4.79 Å². The van der Waals surface area contributed by atoms with Gasteiger partial charge in [-0.15, -0.1) is 11.3 Å². The van der Waals surface area contributed by atoms with Crippen LogP contribution in [0, 0.1) is 11.8 Å². The van der Waals surface area contributed by atoms with Crippen molar-refractivity contribution in [1.29, 1.82) is 0 Å². The molecule has 168 valence electrons. The first kappa shape index (κ1) is 23.4. The zero-order valence-electron chi connectivity index (χ0n) is 18.9. The maximum absolute atomic E-state index is 12.8. The molecule has 0 aliphatic heterocycles. The molecule has 2 N–H and O–H groups in total. The SMILES string of the molecule is CC(C)CCN(Cc1nc2sc3c(c2c(=O)[nH]1)CCCC3)C[C@@H](O)COCC(C)C. The van der Waals surface area contributed by atoms with Crippen LogP contribution >= 0.6 is 11.3 Å². The summed E-state index contributed by atoms with van der Waals surface area (Å²) in [6, 6.07) is 0. The monoisotopic (exact) mass is 435 g/mol. The lowest BCUT2D eigenvalue weighted by molar-refractivity contribution is 0.00592. The van der Waals surface area contributed by atoms with E-state index in [-0.39, 0.29) is 5.56 Å². The van der Waals surface area contributed by atoms with E-state index in [0.717, 1.165) is 42.4 Å². The number of hydrogen-bond acceptors (Lipinski definition) is 6. The number of hydrogen-bond donors (Lipinski definition) is 2. The Labute approximate surface area is 183 Å². The normalized spacial score (nSPS) is 15.5. The molecule has 0 spiro atoms. The molecular weight excluding hydrogens is 398 g/mol. The fourth-order valence-electron chi connectivity index (χ4n) is 3.96. The van der Waals surface area contributed by atoms with Crippen molar-refractivity contribution in [3.05, 3.63) is 26.6 Å². The van der Waals surface area contributed by atoms with E-state index in [9.17, 15) is 9.90 Å². The number of nitrogens with one attached hydrogen (secondary N) is 1.